The first-order chi connectivity index (χ1) is 13.5. The van der Waals surface area contributed by atoms with Gasteiger partial charge in [0.2, 0.25) is 11.9 Å². The lowest BCUT2D eigenvalue weighted by Crippen LogP contribution is -2.34. The van der Waals surface area contributed by atoms with E-state index in [0.717, 1.165) is 6.07 Å². The van der Waals surface area contributed by atoms with E-state index in [2.05, 4.69) is 25.3 Å². The summed E-state index contributed by atoms with van der Waals surface area (Å²) in [6.45, 7) is -0.636. The van der Waals surface area contributed by atoms with E-state index in [1.54, 1.807) is 5.32 Å². The van der Waals surface area contributed by atoms with Crippen LogP contribution in [0.1, 0.15) is 28.9 Å². The van der Waals surface area contributed by atoms with Gasteiger partial charge in [0.1, 0.15) is 16.9 Å². The van der Waals surface area contributed by atoms with Gasteiger partial charge in [0.05, 0.1) is 4.11 Å². The minimum Gasteiger partial charge on any atom is -0.352 e. The van der Waals surface area contributed by atoms with Gasteiger partial charge in [-0.2, -0.15) is 28.1 Å². The topological polar surface area (TPSA) is 75.6 Å². The first-order valence-corrected chi connectivity index (χ1v) is 6.87. The summed E-state index contributed by atoms with van der Waals surface area (Å²) in [6, 6.07) is -3.98. The molecule has 2 N–H and O–H groups in total. The standard InChI is InChI=1S/C14H16ClF3N6/c1-7(2)19-12-22-11(9-5-4-6-10(15)21-9)23-13(24-12)20-8(3)14(16,17)18/h4-8H,1-3H3,(H2,19,20,22,23,24)/t8-/m1/s1/i3D3,4D,6D,7D. The van der Waals surface area contributed by atoms with Crippen molar-refractivity contribution >= 4 is 23.5 Å². The molecule has 130 valence electrons. The van der Waals surface area contributed by atoms with Crippen molar-refractivity contribution in [3.63, 3.8) is 0 Å². The Labute approximate surface area is 150 Å². The van der Waals surface area contributed by atoms with Crippen LogP contribution >= 0.6 is 11.6 Å². The van der Waals surface area contributed by atoms with Crippen molar-refractivity contribution in [2.45, 2.75) is 38.9 Å². The third kappa shape index (κ3) is 4.92. The highest BCUT2D eigenvalue weighted by Gasteiger charge is 2.36. The Morgan fingerprint density at radius 3 is 2.42 bits per heavy atom. The van der Waals surface area contributed by atoms with Crippen molar-refractivity contribution in [2.24, 2.45) is 0 Å². The smallest absolute Gasteiger partial charge is 0.352 e. The molecule has 1 atom stereocenters. The molecule has 0 aromatic carbocycles. The molecule has 0 amide bonds. The summed E-state index contributed by atoms with van der Waals surface area (Å²) in [5, 5.41) is 3.90. The second kappa shape index (κ2) is 7.16. The zero-order valence-electron chi connectivity index (χ0n) is 18.5. The number of anilines is 2. The second-order valence-corrected chi connectivity index (χ2v) is 5.11. The molecule has 0 radical (unpaired) electrons. The van der Waals surface area contributed by atoms with Crippen LogP contribution in [0.2, 0.25) is 5.15 Å². The molecule has 0 saturated heterocycles. The van der Waals surface area contributed by atoms with Gasteiger partial charge in [-0.05, 0) is 32.8 Å². The van der Waals surface area contributed by atoms with E-state index in [0.29, 0.717) is 0 Å². The van der Waals surface area contributed by atoms with Crippen molar-refractivity contribution in [2.75, 3.05) is 10.6 Å². The molecular weight excluding hydrogens is 345 g/mol. The molecular formula is C14H16ClF3N6. The second-order valence-electron chi connectivity index (χ2n) is 4.75. The summed E-state index contributed by atoms with van der Waals surface area (Å²) in [5.74, 6) is -1.43. The summed E-state index contributed by atoms with van der Waals surface area (Å²) in [6.07, 6.45) is -5.15. The van der Waals surface area contributed by atoms with Crippen molar-refractivity contribution in [1.29, 1.82) is 0 Å². The molecule has 2 aromatic heterocycles. The molecule has 2 aromatic rings. The number of hydrogen-bond acceptors (Lipinski definition) is 6. The highest BCUT2D eigenvalue weighted by atomic mass is 35.5. The van der Waals surface area contributed by atoms with Gasteiger partial charge in [0.15, 0.2) is 5.82 Å². The van der Waals surface area contributed by atoms with Gasteiger partial charge in [-0.15, -0.1) is 0 Å². The lowest BCUT2D eigenvalue weighted by molar-refractivity contribution is -0.138. The maximum absolute atomic E-state index is 13.2. The summed E-state index contributed by atoms with van der Waals surface area (Å²) in [5.41, 5.74) is -0.158. The van der Waals surface area contributed by atoms with Crippen LogP contribution in [0.3, 0.4) is 0 Å². The Kier molecular flexibility index (Phi) is 3.40. The lowest BCUT2D eigenvalue weighted by Gasteiger charge is -2.18. The SMILES string of the molecule is [2H]c1cc(-c2nc(N[C@H](C([2H])([2H])[2H])C(F)(F)F)nc(NC([2H])(C)C)n2)nc(Cl)c1[2H]. The van der Waals surface area contributed by atoms with Crippen LogP contribution in [0.4, 0.5) is 25.1 Å². The van der Waals surface area contributed by atoms with Crippen LogP contribution in [0.5, 0.6) is 0 Å². The van der Waals surface area contributed by atoms with Crippen molar-refractivity contribution in [1.82, 2.24) is 19.9 Å². The Bertz CT molecular complexity index is 897. The van der Waals surface area contributed by atoms with Gasteiger partial charge in [-0.3, -0.25) is 0 Å². The highest BCUT2D eigenvalue weighted by molar-refractivity contribution is 6.29. The molecule has 0 aliphatic heterocycles. The van der Waals surface area contributed by atoms with Crippen molar-refractivity contribution < 1.29 is 21.4 Å². The van der Waals surface area contributed by atoms with Crippen molar-refractivity contribution in [3.8, 4) is 11.5 Å². The number of rotatable bonds is 5. The fourth-order valence-electron chi connectivity index (χ4n) is 1.49. The van der Waals surface area contributed by atoms with Crippen LogP contribution in [-0.2, 0) is 0 Å². The number of alkyl halides is 3. The number of aromatic nitrogens is 4. The third-order valence-corrected chi connectivity index (χ3v) is 2.61. The fraction of sp³-hybridized carbons (Fsp3) is 0.429. The van der Waals surface area contributed by atoms with Crippen molar-refractivity contribution in [3.05, 3.63) is 23.3 Å². The molecule has 0 aliphatic carbocycles. The third-order valence-electron chi connectivity index (χ3n) is 2.43. The van der Waals surface area contributed by atoms with Crippen LogP contribution in [0, 0.1) is 0 Å². The molecule has 0 spiro atoms. The van der Waals surface area contributed by atoms with E-state index in [1.165, 1.54) is 13.8 Å². The van der Waals surface area contributed by atoms with E-state index >= 15 is 0 Å². The van der Waals surface area contributed by atoms with Gasteiger partial charge in [0, 0.05) is 10.1 Å². The molecule has 0 aliphatic rings. The summed E-state index contributed by atoms with van der Waals surface area (Å²) >= 11 is 5.78. The summed E-state index contributed by atoms with van der Waals surface area (Å²) < 4.78 is 84.3. The minimum absolute atomic E-state index is 0.158. The van der Waals surface area contributed by atoms with Crippen LogP contribution in [-0.4, -0.2) is 38.2 Å². The number of nitrogens with one attached hydrogen (secondary N) is 2. The molecule has 0 fully saturated rings. The molecule has 2 heterocycles. The van der Waals surface area contributed by atoms with Gasteiger partial charge in [0.25, 0.3) is 0 Å². The summed E-state index contributed by atoms with van der Waals surface area (Å²) in [4.78, 5) is 15.3. The maximum Gasteiger partial charge on any atom is 0.408 e. The highest BCUT2D eigenvalue weighted by Crippen LogP contribution is 2.24. The predicted molar refractivity (Wildman–Crippen MR) is 86.0 cm³/mol. The largest absolute Gasteiger partial charge is 0.408 e. The lowest BCUT2D eigenvalue weighted by atomic mass is 10.3. The maximum atomic E-state index is 13.2. The quantitative estimate of drug-likeness (QED) is 0.784. The number of nitrogens with zero attached hydrogens (tertiary/aromatic N) is 4. The van der Waals surface area contributed by atoms with E-state index in [-0.39, 0.29) is 34.7 Å². The zero-order valence-corrected chi connectivity index (χ0v) is 13.2. The Hall–Kier alpha value is -2.16. The zero-order chi connectivity index (χ0) is 23.1. The molecule has 2 rings (SSSR count). The van der Waals surface area contributed by atoms with Gasteiger partial charge < -0.3 is 10.6 Å². The van der Waals surface area contributed by atoms with E-state index in [1.807, 2.05) is 0 Å². The monoisotopic (exact) mass is 366 g/mol. The number of hydrogen-bond donors (Lipinski definition) is 2. The van der Waals surface area contributed by atoms with Gasteiger partial charge >= 0.3 is 6.18 Å². The first-order valence-electron chi connectivity index (χ1n) is 9.49. The Morgan fingerprint density at radius 2 is 1.88 bits per heavy atom. The predicted octanol–water partition coefficient (Wildman–Crippen LogP) is 3.77. The number of halogens is 4. The van der Waals surface area contributed by atoms with Gasteiger partial charge in [-0.1, -0.05) is 17.6 Å². The molecule has 0 unspecified atom stereocenters. The summed E-state index contributed by atoms with van der Waals surface area (Å²) in [7, 11) is 0. The Balaban J connectivity index is 2.61. The molecule has 24 heavy (non-hydrogen) atoms. The van der Waals surface area contributed by atoms with E-state index in [4.69, 9.17) is 19.8 Å². The van der Waals surface area contributed by atoms with Crippen LogP contribution in [0.15, 0.2) is 18.2 Å². The van der Waals surface area contributed by atoms with E-state index < -0.39 is 31.0 Å². The Morgan fingerprint density at radius 1 is 1.21 bits per heavy atom. The molecule has 0 saturated carbocycles. The average Bonchev–Trinajstić information content (AvgIpc) is 2.53. The normalized spacial score (nSPS) is 17.6. The molecule has 10 heteroatoms. The van der Waals surface area contributed by atoms with E-state index in [9.17, 15) is 13.2 Å². The first kappa shape index (κ1) is 11.4. The van der Waals surface area contributed by atoms with Crippen LogP contribution in [0.25, 0.3) is 11.5 Å². The van der Waals surface area contributed by atoms with Crippen LogP contribution < -0.4 is 10.6 Å². The molecule has 6 nitrogen and oxygen atoms in total. The molecule has 0 bridgehead atoms. The van der Waals surface area contributed by atoms with Gasteiger partial charge in [-0.25, -0.2) is 4.98 Å². The minimum atomic E-state index is -5.15. The average molecular weight is 367 g/mol. The fourth-order valence-corrected chi connectivity index (χ4v) is 1.64. The number of pyridine rings is 1.